The van der Waals surface area contributed by atoms with Crippen LogP contribution >= 0.6 is 0 Å². The lowest BCUT2D eigenvalue weighted by Crippen LogP contribution is -2.38. The second-order valence-electron chi connectivity index (χ2n) is 5.28. The van der Waals surface area contributed by atoms with Gasteiger partial charge in [0, 0.05) is 18.4 Å². The predicted octanol–water partition coefficient (Wildman–Crippen LogP) is 3.99. The Bertz CT molecular complexity index is 445. The van der Waals surface area contributed by atoms with E-state index in [1.807, 2.05) is 0 Å². The Balaban J connectivity index is 2.02. The van der Waals surface area contributed by atoms with Crippen LogP contribution in [-0.4, -0.2) is 16.9 Å². The number of para-hydroxylation sites is 1. The Morgan fingerprint density at radius 1 is 1.37 bits per heavy atom. The molecule has 0 spiro atoms. The van der Waals surface area contributed by atoms with Crippen molar-refractivity contribution < 1.29 is 23.0 Å². The first-order chi connectivity index (χ1) is 8.79. The molecule has 0 amide bonds. The normalized spacial score (nSPS) is 26.7. The van der Waals surface area contributed by atoms with Crippen molar-refractivity contribution in [2.45, 2.75) is 50.5 Å². The van der Waals surface area contributed by atoms with Crippen molar-refractivity contribution in [1.82, 2.24) is 0 Å². The highest BCUT2D eigenvalue weighted by Gasteiger charge is 2.37. The molecule has 2 nitrogen and oxygen atoms in total. The maximum Gasteiger partial charge on any atom is 0.389 e. The number of halogens is 3. The van der Waals surface area contributed by atoms with Crippen LogP contribution in [0.3, 0.4) is 0 Å². The summed E-state index contributed by atoms with van der Waals surface area (Å²) in [5, 5.41) is 10.1. The van der Waals surface area contributed by atoms with Crippen LogP contribution < -0.4 is 4.74 Å². The number of aliphatic hydroxyl groups excluding tert-OH is 1. The molecular weight excluding hydrogens is 257 g/mol. The smallest absolute Gasteiger partial charge is 0.389 e. The minimum Gasteiger partial charge on any atom is -0.487 e. The van der Waals surface area contributed by atoms with Gasteiger partial charge in [0.15, 0.2) is 0 Å². The van der Waals surface area contributed by atoms with Gasteiger partial charge in [-0.25, -0.2) is 0 Å². The summed E-state index contributed by atoms with van der Waals surface area (Å²) in [7, 11) is 0. The molecule has 0 saturated carbocycles. The van der Waals surface area contributed by atoms with Crippen molar-refractivity contribution in [2.24, 2.45) is 0 Å². The Hall–Kier alpha value is -1.23. The zero-order chi connectivity index (χ0) is 14.1. The highest BCUT2D eigenvalue weighted by molar-refractivity contribution is 5.37. The topological polar surface area (TPSA) is 29.5 Å². The Morgan fingerprint density at radius 2 is 2.05 bits per heavy atom. The molecule has 1 heterocycles. The molecule has 1 aliphatic rings. The molecule has 0 saturated heterocycles. The van der Waals surface area contributed by atoms with Gasteiger partial charge in [-0.15, -0.1) is 0 Å². The van der Waals surface area contributed by atoms with Gasteiger partial charge in [-0.2, -0.15) is 13.2 Å². The summed E-state index contributed by atoms with van der Waals surface area (Å²) in [6.07, 6.45) is -5.03. The van der Waals surface area contributed by atoms with Crippen LogP contribution in [0.4, 0.5) is 13.2 Å². The molecule has 1 unspecified atom stereocenters. The molecule has 0 fully saturated rings. The number of aliphatic hydroxyl groups is 1. The van der Waals surface area contributed by atoms with Crippen LogP contribution in [0.15, 0.2) is 24.3 Å². The Kier molecular flexibility index (Phi) is 3.76. The first kappa shape index (κ1) is 14.2. The quantitative estimate of drug-likeness (QED) is 0.903. The molecule has 1 aromatic rings. The van der Waals surface area contributed by atoms with E-state index in [9.17, 15) is 18.3 Å². The van der Waals surface area contributed by atoms with Crippen LogP contribution in [0.5, 0.6) is 5.75 Å². The molecule has 0 bridgehead atoms. The van der Waals surface area contributed by atoms with Gasteiger partial charge in [0.2, 0.25) is 0 Å². The third-order valence-electron chi connectivity index (χ3n) is 3.43. The third-order valence-corrected chi connectivity index (χ3v) is 3.43. The number of ether oxygens (including phenoxy) is 1. The van der Waals surface area contributed by atoms with E-state index >= 15 is 0 Å². The second kappa shape index (κ2) is 5.04. The minimum absolute atomic E-state index is 0.00882. The van der Waals surface area contributed by atoms with Gasteiger partial charge in [0.05, 0.1) is 6.10 Å². The van der Waals surface area contributed by atoms with Crippen molar-refractivity contribution in [3.63, 3.8) is 0 Å². The first-order valence-electron chi connectivity index (χ1n) is 6.32. The van der Waals surface area contributed by atoms with E-state index in [2.05, 4.69) is 0 Å². The monoisotopic (exact) mass is 274 g/mol. The van der Waals surface area contributed by atoms with Crippen molar-refractivity contribution >= 4 is 0 Å². The summed E-state index contributed by atoms with van der Waals surface area (Å²) < 4.78 is 42.3. The lowest BCUT2D eigenvalue weighted by molar-refractivity contribution is -0.138. The lowest BCUT2D eigenvalue weighted by Gasteiger charge is -2.38. The van der Waals surface area contributed by atoms with Gasteiger partial charge in [-0.3, -0.25) is 0 Å². The van der Waals surface area contributed by atoms with Gasteiger partial charge in [0.1, 0.15) is 11.4 Å². The molecule has 1 aromatic carbocycles. The molecule has 5 heteroatoms. The van der Waals surface area contributed by atoms with Crippen molar-refractivity contribution in [2.75, 3.05) is 0 Å². The van der Waals surface area contributed by atoms with Gasteiger partial charge >= 0.3 is 6.18 Å². The maximum absolute atomic E-state index is 12.2. The second-order valence-corrected chi connectivity index (χ2v) is 5.28. The summed E-state index contributed by atoms with van der Waals surface area (Å²) in [6.45, 7) is 1.75. The molecular formula is C14H17F3O2. The fraction of sp³-hybridized carbons (Fsp3) is 0.571. The predicted molar refractivity (Wildman–Crippen MR) is 65.0 cm³/mol. The Labute approximate surface area is 110 Å². The van der Waals surface area contributed by atoms with Gasteiger partial charge in [0.25, 0.3) is 0 Å². The molecule has 0 aromatic heterocycles. The zero-order valence-corrected chi connectivity index (χ0v) is 10.7. The van der Waals surface area contributed by atoms with Crippen molar-refractivity contribution in [1.29, 1.82) is 0 Å². The summed E-state index contributed by atoms with van der Waals surface area (Å²) in [4.78, 5) is 0. The van der Waals surface area contributed by atoms with Crippen LogP contribution in [0.2, 0.25) is 0 Å². The summed E-state index contributed by atoms with van der Waals surface area (Å²) in [6, 6.07) is 7.10. The van der Waals surface area contributed by atoms with E-state index in [1.165, 1.54) is 0 Å². The summed E-state index contributed by atoms with van der Waals surface area (Å²) in [5.41, 5.74) is -0.0326. The highest BCUT2D eigenvalue weighted by atomic mass is 19.4. The minimum atomic E-state index is -4.14. The molecule has 1 aliphatic heterocycles. The third kappa shape index (κ3) is 3.62. The number of hydrogen-bond donors (Lipinski definition) is 1. The van der Waals surface area contributed by atoms with E-state index in [-0.39, 0.29) is 12.8 Å². The molecule has 0 aliphatic carbocycles. The van der Waals surface area contributed by atoms with Crippen LogP contribution in [-0.2, 0) is 0 Å². The fourth-order valence-electron chi connectivity index (χ4n) is 2.49. The van der Waals surface area contributed by atoms with Gasteiger partial charge in [-0.05, 0) is 25.8 Å². The Morgan fingerprint density at radius 3 is 2.74 bits per heavy atom. The van der Waals surface area contributed by atoms with E-state index in [1.54, 1.807) is 31.2 Å². The number of alkyl halides is 3. The van der Waals surface area contributed by atoms with Crippen molar-refractivity contribution in [3.05, 3.63) is 29.8 Å². The SMILES string of the molecule is CC1(CCCC(F)(F)F)C[C@H](O)c2ccccc2O1. The van der Waals surface area contributed by atoms with Gasteiger partial charge in [-0.1, -0.05) is 18.2 Å². The van der Waals surface area contributed by atoms with E-state index in [0.29, 0.717) is 17.7 Å². The van der Waals surface area contributed by atoms with Crippen LogP contribution in [0, 0.1) is 0 Å². The standard InChI is InChI=1S/C14H17F3O2/c1-13(7-4-8-14(15,16)17)9-11(18)10-5-2-3-6-12(10)19-13/h2-3,5-6,11,18H,4,7-9H2,1H3/t11-,13?/m0/s1. The number of hydrogen-bond acceptors (Lipinski definition) is 2. The van der Waals surface area contributed by atoms with Gasteiger partial charge < -0.3 is 9.84 Å². The average Bonchev–Trinajstić information content (AvgIpc) is 2.26. The molecule has 19 heavy (non-hydrogen) atoms. The zero-order valence-electron chi connectivity index (χ0n) is 10.7. The molecule has 106 valence electrons. The first-order valence-corrected chi connectivity index (χ1v) is 6.32. The van der Waals surface area contributed by atoms with E-state index in [0.717, 1.165) is 0 Å². The fourth-order valence-corrected chi connectivity index (χ4v) is 2.49. The molecule has 0 radical (unpaired) electrons. The number of rotatable bonds is 3. The number of fused-ring (bicyclic) bond motifs is 1. The average molecular weight is 274 g/mol. The number of benzene rings is 1. The van der Waals surface area contributed by atoms with Crippen molar-refractivity contribution in [3.8, 4) is 5.75 Å². The maximum atomic E-state index is 12.2. The van der Waals surface area contributed by atoms with Crippen LogP contribution in [0.25, 0.3) is 0 Å². The molecule has 2 rings (SSSR count). The van der Waals surface area contributed by atoms with E-state index in [4.69, 9.17) is 4.74 Å². The molecule has 1 N–H and O–H groups in total. The summed E-state index contributed by atoms with van der Waals surface area (Å²) in [5.74, 6) is 0.566. The van der Waals surface area contributed by atoms with Crippen LogP contribution in [0.1, 0.15) is 44.3 Å². The highest BCUT2D eigenvalue weighted by Crippen LogP contribution is 2.41. The summed E-state index contributed by atoms with van der Waals surface area (Å²) >= 11 is 0. The largest absolute Gasteiger partial charge is 0.487 e. The van der Waals surface area contributed by atoms with E-state index < -0.39 is 24.3 Å². The lowest BCUT2D eigenvalue weighted by atomic mass is 9.86. The molecule has 2 atom stereocenters.